The summed E-state index contributed by atoms with van der Waals surface area (Å²) in [6.07, 6.45) is 3.04. The van der Waals surface area contributed by atoms with E-state index in [1.165, 1.54) is 24.3 Å². The number of hydrogen-bond donors (Lipinski definition) is 0. The predicted molar refractivity (Wildman–Crippen MR) is 82.5 cm³/mol. The van der Waals surface area contributed by atoms with Gasteiger partial charge in [0.25, 0.3) is 5.69 Å². The second-order valence-electron chi connectivity index (χ2n) is 4.66. The summed E-state index contributed by atoms with van der Waals surface area (Å²) in [5, 5.41) is 10.6. The van der Waals surface area contributed by atoms with Crippen molar-refractivity contribution in [1.82, 2.24) is 4.90 Å². The van der Waals surface area contributed by atoms with Crippen molar-refractivity contribution in [2.75, 3.05) is 25.6 Å². The number of thioether (sulfide) groups is 1. The minimum Gasteiger partial charge on any atom is -0.295 e. The molecule has 0 saturated carbocycles. The van der Waals surface area contributed by atoms with E-state index in [0.717, 1.165) is 12.2 Å². The van der Waals surface area contributed by atoms with Gasteiger partial charge in [0.05, 0.1) is 11.5 Å². The molecule has 1 rings (SSSR count). The van der Waals surface area contributed by atoms with Crippen molar-refractivity contribution in [1.29, 1.82) is 0 Å². The minimum absolute atomic E-state index is 0.00345. The fraction of sp³-hybridized carbons (Fsp3) is 0.500. The number of nitrogens with zero attached hydrogens (tertiary/aromatic N) is 2. The van der Waals surface area contributed by atoms with Gasteiger partial charge in [-0.15, -0.1) is 0 Å². The Balaban J connectivity index is 2.68. The van der Waals surface area contributed by atoms with Gasteiger partial charge in [-0.05, 0) is 31.9 Å². The predicted octanol–water partition coefficient (Wildman–Crippen LogP) is 2.85. The standard InChI is InChI=1S/C14H20N2O3S/c1-4-12(10-20-3)15(2)9-14(17)11-5-7-13(8-6-11)16(18)19/h5-8,12H,4,9-10H2,1-3H3. The number of rotatable bonds is 8. The number of carbonyl (C=O) groups excluding carboxylic acids is 1. The fourth-order valence-corrected chi connectivity index (χ4v) is 2.84. The van der Waals surface area contributed by atoms with Crippen LogP contribution in [0, 0.1) is 10.1 Å². The first-order valence-corrected chi connectivity index (χ1v) is 7.85. The molecule has 0 aliphatic carbocycles. The van der Waals surface area contributed by atoms with Crippen LogP contribution in [-0.4, -0.2) is 47.2 Å². The third-order valence-corrected chi connectivity index (χ3v) is 3.96. The maximum absolute atomic E-state index is 12.1. The van der Waals surface area contributed by atoms with Crippen molar-refractivity contribution in [3.05, 3.63) is 39.9 Å². The number of hydrogen-bond acceptors (Lipinski definition) is 5. The second-order valence-corrected chi connectivity index (χ2v) is 5.57. The molecule has 1 aromatic carbocycles. The van der Waals surface area contributed by atoms with E-state index in [9.17, 15) is 14.9 Å². The molecule has 1 atom stereocenters. The topological polar surface area (TPSA) is 63.5 Å². The number of likely N-dealkylation sites (N-methyl/N-ethyl adjacent to an activating group) is 1. The number of carbonyl (C=O) groups is 1. The number of ketones is 1. The summed E-state index contributed by atoms with van der Waals surface area (Å²) in [7, 11) is 1.94. The molecule has 0 aromatic heterocycles. The zero-order valence-electron chi connectivity index (χ0n) is 12.0. The van der Waals surface area contributed by atoms with Crippen LogP contribution in [0.25, 0.3) is 0 Å². The third kappa shape index (κ3) is 4.61. The molecule has 1 unspecified atom stereocenters. The highest BCUT2D eigenvalue weighted by Crippen LogP contribution is 2.14. The van der Waals surface area contributed by atoms with Crippen LogP contribution in [0.15, 0.2) is 24.3 Å². The Bertz CT molecular complexity index is 462. The zero-order chi connectivity index (χ0) is 15.1. The lowest BCUT2D eigenvalue weighted by molar-refractivity contribution is -0.384. The van der Waals surface area contributed by atoms with E-state index in [0.29, 0.717) is 18.2 Å². The second kappa shape index (κ2) is 8.01. The lowest BCUT2D eigenvalue weighted by atomic mass is 10.1. The Morgan fingerprint density at radius 1 is 1.40 bits per heavy atom. The van der Waals surface area contributed by atoms with Crippen molar-refractivity contribution >= 4 is 23.2 Å². The van der Waals surface area contributed by atoms with E-state index < -0.39 is 4.92 Å². The van der Waals surface area contributed by atoms with Crippen molar-refractivity contribution < 1.29 is 9.72 Å². The Morgan fingerprint density at radius 2 is 2.00 bits per heavy atom. The van der Waals surface area contributed by atoms with Crippen LogP contribution in [0.2, 0.25) is 0 Å². The average Bonchev–Trinajstić information content (AvgIpc) is 2.44. The van der Waals surface area contributed by atoms with E-state index in [1.807, 2.05) is 11.9 Å². The minimum atomic E-state index is -0.466. The molecule has 0 saturated heterocycles. The first kappa shape index (κ1) is 16.7. The molecule has 0 amide bonds. The summed E-state index contributed by atoms with van der Waals surface area (Å²) < 4.78 is 0. The van der Waals surface area contributed by atoms with Crippen molar-refractivity contribution in [2.45, 2.75) is 19.4 Å². The van der Waals surface area contributed by atoms with Gasteiger partial charge in [0, 0.05) is 29.5 Å². The quantitative estimate of drug-likeness (QED) is 0.419. The molecule has 5 nitrogen and oxygen atoms in total. The molecule has 0 radical (unpaired) electrons. The normalized spacial score (nSPS) is 12.4. The molecule has 0 heterocycles. The number of benzene rings is 1. The van der Waals surface area contributed by atoms with Gasteiger partial charge in [-0.25, -0.2) is 0 Å². The first-order valence-electron chi connectivity index (χ1n) is 6.46. The maximum Gasteiger partial charge on any atom is 0.269 e. The van der Waals surface area contributed by atoms with E-state index >= 15 is 0 Å². The van der Waals surface area contributed by atoms with Gasteiger partial charge in [-0.1, -0.05) is 6.92 Å². The molecular formula is C14H20N2O3S. The Morgan fingerprint density at radius 3 is 2.45 bits per heavy atom. The summed E-state index contributed by atoms with van der Waals surface area (Å²) in [5.41, 5.74) is 0.519. The van der Waals surface area contributed by atoms with Gasteiger partial charge in [-0.2, -0.15) is 11.8 Å². The maximum atomic E-state index is 12.1. The molecule has 0 aliphatic heterocycles. The van der Waals surface area contributed by atoms with Gasteiger partial charge in [0.1, 0.15) is 0 Å². The monoisotopic (exact) mass is 296 g/mol. The fourth-order valence-electron chi connectivity index (χ4n) is 1.97. The molecule has 1 aromatic rings. The summed E-state index contributed by atoms with van der Waals surface area (Å²) in [4.78, 5) is 24.3. The van der Waals surface area contributed by atoms with Crippen LogP contribution in [-0.2, 0) is 0 Å². The lowest BCUT2D eigenvalue weighted by Crippen LogP contribution is -2.37. The molecule has 0 aliphatic rings. The lowest BCUT2D eigenvalue weighted by Gasteiger charge is -2.25. The summed E-state index contributed by atoms with van der Waals surface area (Å²) in [5.74, 6) is 0.975. The third-order valence-electron chi connectivity index (χ3n) is 3.25. The smallest absolute Gasteiger partial charge is 0.269 e. The first-order chi connectivity index (χ1) is 9.49. The van der Waals surface area contributed by atoms with E-state index in [4.69, 9.17) is 0 Å². The van der Waals surface area contributed by atoms with Crippen molar-refractivity contribution in [3.8, 4) is 0 Å². The van der Waals surface area contributed by atoms with Gasteiger partial charge in [0.2, 0.25) is 0 Å². The van der Waals surface area contributed by atoms with E-state index in [1.54, 1.807) is 11.8 Å². The molecule has 0 fully saturated rings. The molecule has 6 heteroatoms. The van der Waals surface area contributed by atoms with Crippen LogP contribution in [0.1, 0.15) is 23.7 Å². The van der Waals surface area contributed by atoms with E-state index in [-0.39, 0.29) is 11.5 Å². The number of non-ortho nitro benzene ring substituents is 1. The van der Waals surface area contributed by atoms with Crippen LogP contribution < -0.4 is 0 Å². The number of Topliss-reactive ketones (excluding diaryl/α,β-unsaturated/α-hetero) is 1. The SMILES string of the molecule is CCC(CSC)N(C)CC(=O)c1ccc([N+](=O)[O-])cc1. The highest BCUT2D eigenvalue weighted by Gasteiger charge is 2.17. The van der Waals surface area contributed by atoms with Crippen LogP contribution in [0.4, 0.5) is 5.69 Å². The largest absolute Gasteiger partial charge is 0.295 e. The summed E-state index contributed by atoms with van der Waals surface area (Å²) in [6, 6.07) is 6.14. The Hall–Kier alpha value is -1.40. The molecule has 20 heavy (non-hydrogen) atoms. The van der Waals surface area contributed by atoms with Gasteiger partial charge < -0.3 is 0 Å². The molecule has 0 spiro atoms. The zero-order valence-corrected chi connectivity index (χ0v) is 12.9. The van der Waals surface area contributed by atoms with Crippen LogP contribution in [0.5, 0.6) is 0 Å². The Labute approximate surface area is 123 Å². The summed E-state index contributed by atoms with van der Waals surface area (Å²) in [6.45, 7) is 2.44. The van der Waals surface area contributed by atoms with Crippen molar-refractivity contribution in [3.63, 3.8) is 0 Å². The number of nitro benzene ring substituents is 1. The van der Waals surface area contributed by atoms with Crippen LogP contribution >= 0.6 is 11.8 Å². The van der Waals surface area contributed by atoms with Gasteiger partial charge >= 0.3 is 0 Å². The van der Waals surface area contributed by atoms with Gasteiger partial charge in [-0.3, -0.25) is 19.8 Å². The van der Waals surface area contributed by atoms with Gasteiger partial charge in [0.15, 0.2) is 5.78 Å². The molecule has 0 N–H and O–H groups in total. The van der Waals surface area contributed by atoms with Crippen LogP contribution in [0.3, 0.4) is 0 Å². The Kier molecular flexibility index (Phi) is 6.67. The average molecular weight is 296 g/mol. The van der Waals surface area contributed by atoms with E-state index in [2.05, 4.69) is 13.2 Å². The number of nitro groups is 1. The molecule has 110 valence electrons. The highest BCUT2D eigenvalue weighted by molar-refractivity contribution is 7.98. The van der Waals surface area contributed by atoms with Crippen molar-refractivity contribution in [2.24, 2.45) is 0 Å². The highest BCUT2D eigenvalue weighted by atomic mass is 32.2. The molecular weight excluding hydrogens is 276 g/mol. The summed E-state index contributed by atoms with van der Waals surface area (Å²) >= 11 is 1.76. The molecule has 0 bridgehead atoms.